The fraction of sp³-hybridized carbons (Fsp3) is 0.316. The molecule has 1 N–H and O–H groups in total. The zero-order chi connectivity index (χ0) is 20.0. The van der Waals surface area contributed by atoms with Gasteiger partial charge in [0.15, 0.2) is 0 Å². The number of ether oxygens (including phenoxy) is 1. The minimum atomic E-state index is -4.71. The van der Waals surface area contributed by atoms with Crippen molar-refractivity contribution in [3.8, 4) is 0 Å². The summed E-state index contributed by atoms with van der Waals surface area (Å²) in [4.78, 5) is 40.9. The molecule has 3 aliphatic heterocycles. The van der Waals surface area contributed by atoms with Crippen molar-refractivity contribution in [1.29, 1.82) is 0 Å². The number of fused-ring (bicyclic) bond motifs is 6. The molecular formula is C19H13F3N2O4. The molecule has 3 aliphatic rings. The van der Waals surface area contributed by atoms with Crippen molar-refractivity contribution in [2.24, 2.45) is 11.8 Å². The zero-order valence-electron chi connectivity index (χ0n) is 14.4. The molecule has 0 aliphatic carbocycles. The third-order valence-electron chi connectivity index (χ3n) is 5.62. The van der Waals surface area contributed by atoms with Gasteiger partial charge in [-0.15, -0.1) is 0 Å². The van der Waals surface area contributed by atoms with Gasteiger partial charge in [0, 0.05) is 11.5 Å². The lowest BCUT2D eigenvalue weighted by atomic mass is 9.85. The van der Waals surface area contributed by atoms with Gasteiger partial charge in [0.25, 0.3) is 0 Å². The quantitative estimate of drug-likeness (QED) is 0.599. The van der Waals surface area contributed by atoms with E-state index < -0.39 is 53.2 Å². The summed E-state index contributed by atoms with van der Waals surface area (Å²) in [5, 5.41) is -0.197. The number of nitrogens with one attached hydrogen (secondary N) is 1. The topological polar surface area (TPSA) is 79.5 Å². The van der Waals surface area contributed by atoms with Gasteiger partial charge in [-0.3, -0.25) is 14.4 Å². The summed E-state index contributed by atoms with van der Waals surface area (Å²) in [7, 11) is 0. The molecule has 0 saturated carbocycles. The molecule has 2 saturated heterocycles. The van der Waals surface area contributed by atoms with E-state index in [1.54, 1.807) is 12.2 Å². The predicted molar refractivity (Wildman–Crippen MR) is 91.6 cm³/mol. The number of carbonyl (C=O) groups excluding carboxylic acids is 2. The third-order valence-corrected chi connectivity index (χ3v) is 5.62. The van der Waals surface area contributed by atoms with Crippen molar-refractivity contribution >= 4 is 28.4 Å². The van der Waals surface area contributed by atoms with Gasteiger partial charge in [-0.25, -0.2) is 4.90 Å². The smallest absolute Gasteiger partial charge is 0.365 e. The summed E-state index contributed by atoms with van der Waals surface area (Å²) in [5.74, 6) is -2.14. The first kappa shape index (κ1) is 17.2. The van der Waals surface area contributed by atoms with Gasteiger partial charge in [-0.1, -0.05) is 12.2 Å². The predicted octanol–water partition coefficient (Wildman–Crippen LogP) is 2.30. The van der Waals surface area contributed by atoms with Crippen molar-refractivity contribution in [3.63, 3.8) is 0 Å². The largest absolute Gasteiger partial charge is 0.417 e. The monoisotopic (exact) mass is 390 g/mol. The van der Waals surface area contributed by atoms with Gasteiger partial charge >= 0.3 is 6.18 Å². The van der Waals surface area contributed by atoms with E-state index >= 15 is 0 Å². The Balaban J connectivity index is 1.67. The van der Waals surface area contributed by atoms with Crippen molar-refractivity contribution in [2.45, 2.75) is 25.3 Å². The molecule has 28 heavy (non-hydrogen) atoms. The maximum Gasteiger partial charge on any atom is 0.417 e. The van der Waals surface area contributed by atoms with E-state index in [9.17, 15) is 27.6 Å². The molecule has 6 nitrogen and oxygen atoms in total. The number of imide groups is 1. The molecule has 2 fully saturated rings. The Morgan fingerprint density at radius 3 is 2.18 bits per heavy atom. The average Bonchev–Trinajstić information content (AvgIpc) is 3.28. The van der Waals surface area contributed by atoms with Crippen LogP contribution in [0.1, 0.15) is 11.1 Å². The number of halogens is 3. The van der Waals surface area contributed by atoms with E-state index in [1.165, 1.54) is 19.1 Å². The molecule has 2 aromatic rings. The highest BCUT2D eigenvalue weighted by atomic mass is 19.4. The number of alkyl halides is 3. The lowest BCUT2D eigenvalue weighted by molar-refractivity contribution is -0.136. The van der Waals surface area contributed by atoms with E-state index in [4.69, 9.17) is 4.74 Å². The number of nitrogens with zero attached hydrogens (tertiary/aromatic N) is 1. The standard InChI is InChI=1S/C19H13F3N2O4/c1-7-4-8-9(19(20,21)22)5-14(25)23-10(8)6-11(7)24-17(26)15-12-2-3-13(28-12)16(15)18(24)27/h2-6,12-13,15-16H,1H3,(H,23,25). The Morgan fingerprint density at radius 1 is 1.00 bits per heavy atom. The number of anilines is 1. The molecule has 4 atom stereocenters. The number of H-pyrrole nitrogens is 1. The van der Waals surface area contributed by atoms with E-state index in [1.807, 2.05) is 0 Å². The minimum Gasteiger partial charge on any atom is -0.365 e. The second-order valence-electron chi connectivity index (χ2n) is 7.24. The Hall–Kier alpha value is -2.94. The molecule has 4 unspecified atom stereocenters. The van der Waals surface area contributed by atoms with Crippen LogP contribution in [0.15, 0.2) is 35.1 Å². The summed E-state index contributed by atoms with van der Waals surface area (Å²) < 4.78 is 45.5. The van der Waals surface area contributed by atoms with Crippen molar-refractivity contribution in [3.05, 3.63) is 51.8 Å². The van der Waals surface area contributed by atoms with Gasteiger partial charge in [0.05, 0.1) is 40.8 Å². The van der Waals surface area contributed by atoms with Crippen LogP contribution in [0.2, 0.25) is 0 Å². The van der Waals surface area contributed by atoms with E-state index in [0.717, 1.165) is 4.90 Å². The maximum absolute atomic E-state index is 13.3. The number of aromatic nitrogens is 1. The van der Waals surface area contributed by atoms with Crippen LogP contribution in [0.3, 0.4) is 0 Å². The van der Waals surface area contributed by atoms with Crippen LogP contribution in [-0.4, -0.2) is 29.0 Å². The summed E-state index contributed by atoms with van der Waals surface area (Å²) in [5.41, 5.74) is -1.57. The molecule has 1 aromatic carbocycles. The summed E-state index contributed by atoms with van der Waals surface area (Å²) in [6.45, 7) is 1.53. The Bertz CT molecular complexity index is 1120. The van der Waals surface area contributed by atoms with Crippen LogP contribution in [0, 0.1) is 18.8 Å². The average molecular weight is 390 g/mol. The molecule has 0 radical (unpaired) electrons. The lowest BCUT2D eigenvalue weighted by Crippen LogP contribution is -2.35. The van der Waals surface area contributed by atoms with Gasteiger partial charge in [0.2, 0.25) is 17.4 Å². The summed E-state index contributed by atoms with van der Waals surface area (Å²) in [6, 6.07) is 2.99. The first-order chi connectivity index (χ1) is 13.2. The minimum absolute atomic E-state index is 0.0876. The molecular weight excluding hydrogens is 377 g/mol. The number of rotatable bonds is 1. The van der Waals surface area contributed by atoms with Crippen LogP contribution in [-0.2, 0) is 20.5 Å². The van der Waals surface area contributed by atoms with Crippen molar-refractivity contribution in [1.82, 2.24) is 4.98 Å². The number of hydrogen-bond acceptors (Lipinski definition) is 4. The fourth-order valence-corrected chi connectivity index (χ4v) is 4.42. The molecule has 1 aromatic heterocycles. The molecule has 0 spiro atoms. The second kappa shape index (κ2) is 5.32. The van der Waals surface area contributed by atoms with Crippen LogP contribution in [0.5, 0.6) is 0 Å². The van der Waals surface area contributed by atoms with Gasteiger partial charge in [-0.2, -0.15) is 13.2 Å². The van der Waals surface area contributed by atoms with Gasteiger partial charge in [-0.05, 0) is 24.6 Å². The second-order valence-corrected chi connectivity index (χ2v) is 7.24. The summed E-state index contributed by atoms with van der Waals surface area (Å²) >= 11 is 0. The number of carbonyl (C=O) groups is 2. The van der Waals surface area contributed by atoms with Gasteiger partial charge in [0.1, 0.15) is 0 Å². The van der Waals surface area contributed by atoms with Gasteiger partial charge < -0.3 is 9.72 Å². The van der Waals surface area contributed by atoms with E-state index in [2.05, 4.69) is 4.98 Å². The van der Waals surface area contributed by atoms with E-state index in [-0.39, 0.29) is 16.6 Å². The Morgan fingerprint density at radius 2 is 1.61 bits per heavy atom. The lowest BCUT2D eigenvalue weighted by Gasteiger charge is -2.21. The number of aromatic amines is 1. The number of pyridine rings is 1. The van der Waals surface area contributed by atoms with E-state index in [0.29, 0.717) is 11.6 Å². The Labute approximate surface area is 155 Å². The molecule has 2 bridgehead atoms. The first-order valence-electron chi connectivity index (χ1n) is 8.63. The number of aryl methyl sites for hydroxylation is 1. The van der Waals surface area contributed by atoms with Crippen molar-refractivity contribution in [2.75, 3.05) is 4.90 Å². The first-order valence-corrected chi connectivity index (χ1v) is 8.63. The SMILES string of the molecule is Cc1cc2c(C(F)(F)F)cc(=O)[nH]c2cc1N1C(=O)C2C3C=CC(O3)C2C1=O. The third kappa shape index (κ3) is 2.16. The summed E-state index contributed by atoms with van der Waals surface area (Å²) in [6.07, 6.45) is -2.14. The zero-order valence-corrected chi connectivity index (χ0v) is 14.4. The number of benzene rings is 1. The van der Waals surface area contributed by atoms with Crippen LogP contribution >= 0.6 is 0 Å². The Kier molecular flexibility index (Phi) is 3.26. The molecule has 144 valence electrons. The number of hydrogen-bond donors (Lipinski definition) is 1. The van der Waals surface area contributed by atoms with Crippen molar-refractivity contribution < 1.29 is 27.5 Å². The molecule has 5 rings (SSSR count). The van der Waals surface area contributed by atoms with Crippen LogP contribution < -0.4 is 10.5 Å². The highest BCUT2D eigenvalue weighted by Crippen LogP contribution is 2.47. The fourth-order valence-electron chi connectivity index (χ4n) is 4.42. The maximum atomic E-state index is 13.3. The normalized spacial score (nSPS) is 28.6. The molecule has 4 heterocycles. The van der Waals surface area contributed by atoms with Crippen LogP contribution in [0.4, 0.5) is 18.9 Å². The highest BCUT2D eigenvalue weighted by Gasteiger charge is 2.61. The molecule has 9 heteroatoms. The highest BCUT2D eigenvalue weighted by molar-refractivity contribution is 6.23. The number of amides is 2. The van der Waals surface area contributed by atoms with Crippen LogP contribution in [0.25, 0.3) is 10.9 Å². The molecule has 2 amide bonds.